The molecule has 0 unspecified atom stereocenters. The van der Waals surface area contributed by atoms with Crippen LogP contribution in [0.5, 0.6) is 0 Å². The number of nitrogen functional groups attached to an aromatic ring is 1. The maximum atomic E-state index is 8.88. The molecular weight excluding hydrogens is 240 g/mol. The molecule has 1 aliphatic heterocycles. The van der Waals surface area contributed by atoms with Crippen LogP contribution in [-0.4, -0.2) is 54.3 Å². The molecule has 94 valence electrons. The molecule has 2 heterocycles. The first-order chi connectivity index (χ1) is 8.20. The van der Waals surface area contributed by atoms with E-state index in [9.17, 15) is 0 Å². The van der Waals surface area contributed by atoms with Crippen molar-refractivity contribution in [3.05, 3.63) is 17.3 Å². The van der Waals surface area contributed by atoms with Gasteiger partial charge in [-0.3, -0.25) is 4.90 Å². The lowest BCUT2D eigenvalue weighted by Gasteiger charge is -2.35. The van der Waals surface area contributed by atoms with Gasteiger partial charge in [0.05, 0.1) is 12.3 Å². The molecule has 1 aromatic heterocycles. The average molecular weight is 257 g/mol. The third kappa shape index (κ3) is 3.00. The molecule has 6 heteroatoms. The molecule has 0 aromatic carbocycles. The second kappa shape index (κ2) is 5.53. The van der Waals surface area contributed by atoms with Crippen molar-refractivity contribution >= 4 is 23.1 Å². The normalized spacial score (nSPS) is 17.4. The molecule has 0 saturated carbocycles. The lowest BCUT2D eigenvalue weighted by Crippen LogP contribution is -2.47. The smallest absolute Gasteiger partial charge is 0.153 e. The van der Waals surface area contributed by atoms with E-state index in [4.69, 9.17) is 22.4 Å². The van der Waals surface area contributed by atoms with Gasteiger partial charge in [0.25, 0.3) is 0 Å². The molecule has 5 nitrogen and oxygen atoms in total. The number of piperazine rings is 1. The molecule has 3 N–H and O–H groups in total. The van der Waals surface area contributed by atoms with Gasteiger partial charge in [0.15, 0.2) is 5.82 Å². The van der Waals surface area contributed by atoms with Crippen LogP contribution in [0.15, 0.2) is 12.1 Å². The second-order valence-corrected chi connectivity index (χ2v) is 4.49. The Balaban J connectivity index is 2.02. The fourth-order valence-corrected chi connectivity index (χ4v) is 2.16. The topological polar surface area (TPSA) is 65.6 Å². The first kappa shape index (κ1) is 12.4. The summed E-state index contributed by atoms with van der Waals surface area (Å²) in [6.45, 7) is 4.47. The van der Waals surface area contributed by atoms with E-state index in [1.165, 1.54) is 0 Å². The second-order valence-electron chi connectivity index (χ2n) is 4.10. The predicted molar refractivity (Wildman–Crippen MR) is 69.4 cm³/mol. The Morgan fingerprint density at radius 3 is 2.65 bits per heavy atom. The van der Waals surface area contributed by atoms with Crippen LogP contribution in [0.3, 0.4) is 0 Å². The number of aliphatic hydroxyl groups is 1. The number of anilines is 2. The Kier molecular flexibility index (Phi) is 4.04. The Hall–Kier alpha value is -1.04. The van der Waals surface area contributed by atoms with Gasteiger partial charge in [0.2, 0.25) is 0 Å². The summed E-state index contributed by atoms with van der Waals surface area (Å²) in [6.07, 6.45) is 0. The molecule has 0 aliphatic carbocycles. The van der Waals surface area contributed by atoms with E-state index in [0.29, 0.717) is 10.8 Å². The molecular formula is C11H17ClN4O. The van der Waals surface area contributed by atoms with Gasteiger partial charge >= 0.3 is 0 Å². The van der Waals surface area contributed by atoms with Gasteiger partial charge in [-0.05, 0) is 12.1 Å². The van der Waals surface area contributed by atoms with Crippen molar-refractivity contribution in [2.75, 3.05) is 50.0 Å². The zero-order valence-electron chi connectivity index (χ0n) is 9.64. The van der Waals surface area contributed by atoms with Crippen LogP contribution in [0.4, 0.5) is 11.5 Å². The molecule has 0 spiro atoms. The lowest BCUT2D eigenvalue weighted by molar-refractivity contribution is 0.188. The number of hydrogen-bond acceptors (Lipinski definition) is 5. The Labute approximate surface area is 106 Å². The summed E-state index contributed by atoms with van der Waals surface area (Å²) in [5.41, 5.74) is 6.55. The third-order valence-corrected chi connectivity index (χ3v) is 3.17. The summed E-state index contributed by atoms with van der Waals surface area (Å²) >= 11 is 5.88. The zero-order valence-corrected chi connectivity index (χ0v) is 10.4. The third-order valence-electron chi connectivity index (χ3n) is 2.96. The average Bonchev–Trinajstić information content (AvgIpc) is 2.34. The number of pyridine rings is 1. The number of aliphatic hydroxyl groups excluding tert-OH is 1. The molecule has 17 heavy (non-hydrogen) atoms. The summed E-state index contributed by atoms with van der Waals surface area (Å²) in [5.74, 6) is 0.765. The van der Waals surface area contributed by atoms with Crippen molar-refractivity contribution < 1.29 is 5.11 Å². The van der Waals surface area contributed by atoms with Crippen LogP contribution >= 0.6 is 11.6 Å². The Morgan fingerprint density at radius 2 is 2.00 bits per heavy atom. The number of aromatic nitrogens is 1. The molecule has 1 aromatic rings. The summed E-state index contributed by atoms with van der Waals surface area (Å²) < 4.78 is 0. The first-order valence-electron chi connectivity index (χ1n) is 5.71. The van der Waals surface area contributed by atoms with Crippen LogP contribution in [0.25, 0.3) is 0 Å². The highest BCUT2D eigenvalue weighted by atomic mass is 35.5. The van der Waals surface area contributed by atoms with Crippen LogP contribution in [-0.2, 0) is 0 Å². The highest BCUT2D eigenvalue weighted by molar-refractivity contribution is 6.29. The largest absolute Gasteiger partial charge is 0.396 e. The van der Waals surface area contributed by atoms with Crippen LogP contribution in [0.2, 0.25) is 5.15 Å². The summed E-state index contributed by atoms with van der Waals surface area (Å²) in [6, 6.07) is 3.48. The minimum absolute atomic E-state index is 0.206. The molecule has 0 bridgehead atoms. The van der Waals surface area contributed by atoms with Crippen LogP contribution < -0.4 is 10.6 Å². The van der Waals surface area contributed by atoms with Crippen molar-refractivity contribution in [2.45, 2.75) is 0 Å². The minimum Gasteiger partial charge on any atom is -0.396 e. The van der Waals surface area contributed by atoms with E-state index in [-0.39, 0.29) is 6.61 Å². The van der Waals surface area contributed by atoms with Crippen LogP contribution in [0, 0.1) is 0 Å². The number of nitrogens with zero attached hydrogens (tertiary/aromatic N) is 3. The van der Waals surface area contributed by atoms with Crippen molar-refractivity contribution in [3.8, 4) is 0 Å². The maximum absolute atomic E-state index is 8.88. The first-order valence-corrected chi connectivity index (χ1v) is 6.08. The molecule has 1 saturated heterocycles. The highest BCUT2D eigenvalue weighted by Crippen LogP contribution is 2.23. The summed E-state index contributed by atoms with van der Waals surface area (Å²) in [5, 5.41) is 9.34. The van der Waals surface area contributed by atoms with Crippen molar-refractivity contribution in [2.24, 2.45) is 0 Å². The van der Waals surface area contributed by atoms with E-state index >= 15 is 0 Å². The fourth-order valence-electron chi connectivity index (χ4n) is 2.01. The maximum Gasteiger partial charge on any atom is 0.153 e. The standard InChI is InChI=1S/C11H17ClN4O/c12-10-2-1-9(13)11(14-10)16-5-3-15(4-6-16)7-8-17/h1-2,17H,3-8,13H2. The molecule has 0 amide bonds. The van der Waals surface area contributed by atoms with Crippen molar-refractivity contribution in [3.63, 3.8) is 0 Å². The quantitative estimate of drug-likeness (QED) is 0.768. The summed E-state index contributed by atoms with van der Waals surface area (Å²) in [4.78, 5) is 8.62. The molecule has 1 fully saturated rings. The van der Waals surface area contributed by atoms with Gasteiger partial charge in [0, 0.05) is 32.7 Å². The van der Waals surface area contributed by atoms with Gasteiger partial charge in [-0.25, -0.2) is 4.98 Å². The van der Waals surface area contributed by atoms with E-state index in [1.807, 2.05) is 0 Å². The molecule has 0 radical (unpaired) electrons. The zero-order chi connectivity index (χ0) is 12.3. The SMILES string of the molecule is Nc1ccc(Cl)nc1N1CCN(CCO)CC1. The number of rotatable bonds is 3. The minimum atomic E-state index is 0.206. The van der Waals surface area contributed by atoms with E-state index in [1.54, 1.807) is 12.1 Å². The number of nitrogens with two attached hydrogens (primary N) is 1. The lowest BCUT2D eigenvalue weighted by atomic mass is 10.3. The molecule has 1 aliphatic rings. The van der Waals surface area contributed by atoms with Crippen LogP contribution in [0.1, 0.15) is 0 Å². The van der Waals surface area contributed by atoms with Crippen molar-refractivity contribution in [1.29, 1.82) is 0 Å². The van der Waals surface area contributed by atoms with Crippen molar-refractivity contribution in [1.82, 2.24) is 9.88 Å². The number of hydrogen-bond donors (Lipinski definition) is 2. The van der Waals surface area contributed by atoms with Gasteiger partial charge in [0.1, 0.15) is 5.15 Å². The highest BCUT2D eigenvalue weighted by Gasteiger charge is 2.19. The monoisotopic (exact) mass is 256 g/mol. The number of β-amino-alcohol motifs (C(OH)–C–C–N with tert-alkyl or cyclic N) is 1. The van der Waals surface area contributed by atoms with E-state index in [0.717, 1.165) is 38.5 Å². The predicted octanol–water partition coefficient (Wildman–Crippen LogP) is 0.432. The van der Waals surface area contributed by atoms with Gasteiger partial charge in [-0.15, -0.1) is 0 Å². The summed E-state index contributed by atoms with van der Waals surface area (Å²) in [7, 11) is 0. The molecule has 2 rings (SSSR count). The Bertz CT molecular complexity index is 380. The number of halogens is 1. The fraction of sp³-hybridized carbons (Fsp3) is 0.545. The van der Waals surface area contributed by atoms with E-state index < -0.39 is 0 Å². The van der Waals surface area contributed by atoms with E-state index in [2.05, 4.69) is 14.8 Å². The van der Waals surface area contributed by atoms with Gasteiger partial charge in [-0.2, -0.15) is 0 Å². The van der Waals surface area contributed by atoms with Gasteiger partial charge < -0.3 is 15.7 Å². The Morgan fingerprint density at radius 1 is 1.29 bits per heavy atom. The van der Waals surface area contributed by atoms with Gasteiger partial charge in [-0.1, -0.05) is 11.6 Å². The molecule has 0 atom stereocenters.